The van der Waals surface area contributed by atoms with Crippen molar-refractivity contribution in [3.63, 3.8) is 0 Å². The van der Waals surface area contributed by atoms with Crippen LogP contribution in [-0.4, -0.2) is 25.7 Å². The minimum absolute atomic E-state index is 0.231. The predicted octanol–water partition coefficient (Wildman–Crippen LogP) is 4.43. The quantitative estimate of drug-likeness (QED) is 0.675. The number of benzene rings is 2. The monoisotopic (exact) mass is 391 g/mol. The van der Waals surface area contributed by atoms with E-state index in [1.165, 1.54) is 5.56 Å². The number of hydrogen-bond donors (Lipinski definition) is 1. The maximum absolute atomic E-state index is 12.2. The van der Waals surface area contributed by atoms with E-state index in [1.807, 2.05) is 43.3 Å². The smallest absolute Gasteiger partial charge is 0.328 e. The Morgan fingerprint density at radius 3 is 2.38 bits per heavy atom. The van der Waals surface area contributed by atoms with E-state index < -0.39 is 0 Å². The van der Waals surface area contributed by atoms with Crippen molar-refractivity contribution in [3.05, 3.63) is 58.6 Å². The van der Waals surface area contributed by atoms with Gasteiger partial charge < -0.3 is 14.8 Å². The van der Waals surface area contributed by atoms with E-state index in [0.29, 0.717) is 13.0 Å². The van der Waals surface area contributed by atoms with Gasteiger partial charge in [0.25, 0.3) is 0 Å². The third-order valence-corrected chi connectivity index (χ3v) is 4.17. The summed E-state index contributed by atoms with van der Waals surface area (Å²) in [7, 11) is 1.63. The molecule has 2 rings (SSSR count). The summed E-state index contributed by atoms with van der Waals surface area (Å²) in [5, 5.41) is 3.26. The van der Waals surface area contributed by atoms with Gasteiger partial charge in [0.05, 0.1) is 13.7 Å². The van der Waals surface area contributed by atoms with Gasteiger partial charge in [-0.3, -0.25) is 0 Å². The number of anilines is 1. The molecular weight excluding hydrogens is 370 g/mol. The Labute approximate surface area is 151 Å². The second kappa shape index (κ2) is 9.33. The number of esters is 1. The molecule has 2 aromatic carbocycles. The molecule has 0 amide bonds. The van der Waals surface area contributed by atoms with Crippen molar-refractivity contribution in [2.75, 3.05) is 19.0 Å². The summed E-state index contributed by atoms with van der Waals surface area (Å²) in [6.07, 6.45) is 1.45. The van der Waals surface area contributed by atoms with E-state index in [-0.39, 0.29) is 12.0 Å². The van der Waals surface area contributed by atoms with Crippen molar-refractivity contribution < 1.29 is 14.3 Å². The van der Waals surface area contributed by atoms with Crippen LogP contribution in [0.25, 0.3) is 0 Å². The highest BCUT2D eigenvalue weighted by molar-refractivity contribution is 9.10. The van der Waals surface area contributed by atoms with E-state index >= 15 is 0 Å². The van der Waals surface area contributed by atoms with E-state index in [2.05, 4.69) is 33.4 Å². The van der Waals surface area contributed by atoms with Crippen LogP contribution >= 0.6 is 15.9 Å². The minimum Gasteiger partial charge on any atom is -0.497 e. The molecule has 0 saturated heterocycles. The second-order valence-electron chi connectivity index (χ2n) is 5.34. The Morgan fingerprint density at radius 1 is 1.12 bits per heavy atom. The molecule has 0 aromatic heterocycles. The standard InChI is InChI=1S/C19H22BrNO3/c1-3-24-19(22)18(13-6-14-4-7-15(20)8-5-14)21-16-9-11-17(23-2)12-10-16/h4-5,7-12,18,21H,3,6,13H2,1-2H3. The van der Waals surface area contributed by atoms with Gasteiger partial charge in [-0.25, -0.2) is 4.79 Å². The molecule has 0 heterocycles. The van der Waals surface area contributed by atoms with Crippen molar-refractivity contribution in [2.24, 2.45) is 0 Å². The molecular formula is C19H22BrNO3. The Hall–Kier alpha value is -2.01. The molecule has 0 aliphatic carbocycles. The summed E-state index contributed by atoms with van der Waals surface area (Å²) in [4.78, 5) is 12.2. The average molecular weight is 392 g/mol. The molecule has 1 N–H and O–H groups in total. The third kappa shape index (κ3) is 5.57. The van der Waals surface area contributed by atoms with Gasteiger partial charge in [-0.2, -0.15) is 0 Å². The van der Waals surface area contributed by atoms with Crippen molar-refractivity contribution in [3.8, 4) is 5.75 Å². The average Bonchev–Trinajstić information content (AvgIpc) is 2.60. The lowest BCUT2D eigenvalue weighted by atomic mass is 10.0. The molecule has 0 aliphatic rings. The molecule has 0 spiro atoms. The van der Waals surface area contributed by atoms with Crippen LogP contribution in [-0.2, 0) is 16.0 Å². The van der Waals surface area contributed by atoms with Crippen LogP contribution in [0.4, 0.5) is 5.69 Å². The normalized spacial score (nSPS) is 11.6. The third-order valence-electron chi connectivity index (χ3n) is 3.64. The number of nitrogens with one attached hydrogen (secondary N) is 1. The zero-order valence-electron chi connectivity index (χ0n) is 13.9. The van der Waals surface area contributed by atoms with Crippen molar-refractivity contribution in [1.82, 2.24) is 0 Å². The number of halogens is 1. The molecule has 0 saturated carbocycles. The number of methoxy groups -OCH3 is 1. The first kappa shape index (κ1) is 18.3. The summed E-state index contributed by atoms with van der Waals surface area (Å²) in [5.74, 6) is 0.550. The molecule has 128 valence electrons. The predicted molar refractivity (Wildman–Crippen MR) is 99.5 cm³/mol. The lowest BCUT2D eigenvalue weighted by Gasteiger charge is -2.18. The highest BCUT2D eigenvalue weighted by Crippen LogP contribution is 2.18. The number of ether oxygens (including phenoxy) is 2. The molecule has 4 nitrogen and oxygen atoms in total. The molecule has 0 fully saturated rings. The maximum atomic E-state index is 12.2. The Morgan fingerprint density at radius 2 is 1.79 bits per heavy atom. The zero-order chi connectivity index (χ0) is 17.4. The summed E-state index contributed by atoms with van der Waals surface area (Å²) in [6.45, 7) is 2.19. The molecule has 24 heavy (non-hydrogen) atoms. The fourth-order valence-corrected chi connectivity index (χ4v) is 2.61. The lowest BCUT2D eigenvalue weighted by molar-refractivity contribution is -0.144. The number of aryl methyl sites for hydroxylation is 1. The lowest BCUT2D eigenvalue weighted by Crippen LogP contribution is -2.32. The molecule has 5 heteroatoms. The fraction of sp³-hybridized carbons (Fsp3) is 0.316. The van der Waals surface area contributed by atoms with Crippen molar-refractivity contribution in [1.29, 1.82) is 0 Å². The van der Waals surface area contributed by atoms with Gasteiger partial charge in [-0.05, 0) is 61.7 Å². The van der Waals surface area contributed by atoms with Crippen LogP contribution in [0.2, 0.25) is 0 Å². The first-order valence-corrected chi connectivity index (χ1v) is 8.73. The summed E-state index contributed by atoms with van der Waals surface area (Å²) in [5.41, 5.74) is 2.05. The van der Waals surface area contributed by atoms with Crippen LogP contribution in [0.3, 0.4) is 0 Å². The minimum atomic E-state index is -0.387. The second-order valence-corrected chi connectivity index (χ2v) is 6.26. The number of carbonyl (C=O) groups is 1. The van der Waals surface area contributed by atoms with Crippen molar-refractivity contribution in [2.45, 2.75) is 25.8 Å². The van der Waals surface area contributed by atoms with Crippen LogP contribution in [0.5, 0.6) is 5.75 Å². The van der Waals surface area contributed by atoms with E-state index in [0.717, 1.165) is 22.3 Å². The van der Waals surface area contributed by atoms with E-state index in [4.69, 9.17) is 9.47 Å². The van der Waals surface area contributed by atoms with Crippen LogP contribution in [0, 0.1) is 0 Å². The topological polar surface area (TPSA) is 47.6 Å². The number of hydrogen-bond acceptors (Lipinski definition) is 4. The maximum Gasteiger partial charge on any atom is 0.328 e. The van der Waals surface area contributed by atoms with Gasteiger partial charge in [0.2, 0.25) is 0 Å². The van der Waals surface area contributed by atoms with Gasteiger partial charge in [0.15, 0.2) is 0 Å². The molecule has 1 atom stereocenters. The Bertz CT molecular complexity index is 641. The summed E-state index contributed by atoms with van der Waals surface area (Å²) in [6, 6.07) is 15.2. The molecule has 0 aliphatic heterocycles. The molecule has 1 unspecified atom stereocenters. The van der Waals surface area contributed by atoms with E-state index in [1.54, 1.807) is 7.11 Å². The SMILES string of the molecule is CCOC(=O)C(CCc1ccc(Br)cc1)Nc1ccc(OC)cc1. The Balaban J connectivity index is 2.02. The zero-order valence-corrected chi connectivity index (χ0v) is 15.5. The van der Waals surface area contributed by atoms with Crippen LogP contribution in [0.1, 0.15) is 18.9 Å². The highest BCUT2D eigenvalue weighted by atomic mass is 79.9. The molecule has 2 aromatic rings. The number of rotatable bonds is 8. The molecule has 0 bridgehead atoms. The summed E-state index contributed by atoms with van der Waals surface area (Å²) >= 11 is 3.43. The molecule has 0 radical (unpaired) electrons. The number of carbonyl (C=O) groups excluding carboxylic acids is 1. The van der Waals surface area contributed by atoms with Gasteiger partial charge in [0, 0.05) is 10.2 Å². The van der Waals surface area contributed by atoms with Crippen LogP contribution in [0.15, 0.2) is 53.0 Å². The highest BCUT2D eigenvalue weighted by Gasteiger charge is 2.19. The van der Waals surface area contributed by atoms with Gasteiger partial charge in [-0.1, -0.05) is 28.1 Å². The van der Waals surface area contributed by atoms with Crippen LogP contribution < -0.4 is 10.1 Å². The van der Waals surface area contributed by atoms with E-state index in [9.17, 15) is 4.79 Å². The fourth-order valence-electron chi connectivity index (χ4n) is 2.34. The Kier molecular flexibility index (Phi) is 7.12. The van der Waals surface area contributed by atoms with Gasteiger partial charge >= 0.3 is 5.97 Å². The summed E-state index contributed by atoms with van der Waals surface area (Å²) < 4.78 is 11.4. The largest absolute Gasteiger partial charge is 0.497 e. The van der Waals surface area contributed by atoms with Crippen molar-refractivity contribution >= 4 is 27.6 Å². The van der Waals surface area contributed by atoms with Gasteiger partial charge in [-0.15, -0.1) is 0 Å². The first-order chi connectivity index (χ1) is 11.6. The first-order valence-electron chi connectivity index (χ1n) is 7.94. The van der Waals surface area contributed by atoms with Gasteiger partial charge in [0.1, 0.15) is 11.8 Å².